The van der Waals surface area contributed by atoms with Crippen molar-refractivity contribution in [2.24, 2.45) is 17.6 Å². The van der Waals surface area contributed by atoms with E-state index in [4.69, 9.17) is 10.5 Å². The summed E-state index contributed by atoms with van der Waals surface area (Å²) in [7, 11) is 0. The van der Waals surface area contributed by atoms with Gasteiger partial charge in [0.1, 0.15) is 35.9 Å². The van der Waals surface area contributed by atoms with Gasteiger partial charge in [-0.05, 0) is 37.9 Å². The van der Waals surface area contributed by atoms with E-state index in [1.54, 1.807) is 18.1 Å². The molecule has 9 nitrogen and oxygen atoms in total. The van der Waals surface area contributed by atoms with Crippen molar-refractivity contribution >= 4 is 23.6 Å². The normalized spacial score (nSPS) is 35.4. The van der Waals surface area contributed by atoms with E-state index in [-0.39, 0.29) is 17.7 Å². The molecular weight excluding hydrogens is 434 g/mol. The van der Waals surface area contributed by atoms with Crippen molar-refractivity contribution in [2.75, 3.05) is 12.8 Å². The van der Waals surface area contributed by atoms with Crippen LogP contribution >= 0.6 is 11.8 Å². The summed E-state index contributed by atoms with van der Waals surface area (Å²) in [6.45, 7) is 7.98. The van der Waals surface area contributed by atoms with Crippen LogP contribution in [0.4, 0.5) is 0 Å². The number of nitrogens with one attached hydrogen (secondary N) is 1. The highest BCUT2D eigenvalue weighted by atomic mass is 32.2. The minimum Gasteiger partial charge on any atom is -0.388 e. The summed E-state index contributed by atoms with van der Waals surface area (Å²) in [5, 5.41) is 34.1. The summed E-state index contributed by atoms with van der Waals surface area (Å²) in [6, 6.07) is -1.96. The third-order valence-corrected chi connectivity index (χ3v) is 7.46. The van der Waals surface area contributed by atoms with Gasteiger partial charge in [-0.15, -0.1) is 11.8 Å². The highest BCUT2D eigenvalue weighted by molar-refractivity contribution is 7.99. The number of carbonyl (C=O) groups excluding carboxylic acids is 2. The molecule has 32 heavy (non-hydrogen) atoms. The number of nitrogens with two attached hydrogens (primary N) is 1. The van der Waals surface area contributed by atoms with Gasteiger partial charge in [-0.25, -0.2) is 0 Å². The average Bonchev–Trinajstić information content (AvgIpc) is 2.75. The number of aliphatic hydroxyl groups is 3. The topological polar surface area (TPSA) is 145 Å². The van der Waals surface area contributed by atoms with Crippen LogP contribution in [0.15, 0.2) is 0 Å². The lowest BCUT2D eigenvalue weighted by Crippen LogP contribution is -2.65. The maximum absolute atomic E-state index is 13.4. The summed E-state index contributed by atoms with van der Waals surface area (Å²) in [5.74, 6) is -0.345. The molecule has 6 N–H and O–H groups in total. The molecule has 0 unspecified atom stereocenters. The number of amides is 2. The molecule has 0 bridgehead atoms. The Labute approximate surface area is 195 Å². The molecule has 0 aromatic rings. The summed E-state index contributed by atoms with van der Waals surface area (Å²) in [5.41, 5.74) is 5.11. The molecule has 2 saturated heterocycles. The Morgan fingerprint density at radius 2 is 1.84 bits per heavy atom. The van der Waals surface area contributed by atoms with E-state index in [0.717, 1.165) is 19.3 Å². The Morgan fingerprint density at radius 3 is 2.38 bits per heavy atom. The standard InChI is InChI=1S/C22H41N3O6S/c1-6-7-13-8-9-25(21(30)12(4)23)14(10-13)20(29)24-15(11(2)3)19-17(27)16(26)18(28)22(31-19)32-5/h11-19,22,26-28H,6-10,23H2,1-5H3,(H,24,29)/t12-,13+,14-,15+,16-,17+,18+,19+,22+/m0/s1. The summed E-state index contributed by atoms with van der Waals surface area (Å²) in [6.07, 6.45) is 0.264. The number of aliphatic hydroxyl groups excluding tert-OH is 3. The molecule has 2 amide bonds. The van der Waals surface area contributed by atoms with Gasteiger partial charge in [0.2, 0.25) is 11.8 Å². The van der Waals surface area contributed by atoms with Crippen LogP contribution in [0.1, 0.15) is 53.4 Å². The first kappa shape index (κ1) is 27.3. The SMILES string of the molecule is CCC[C@@H]1CCN(C(=O)[C@H](C)N)[C@H](C(=O)N[C@H](C(C)C)[C@H]2O[C@H](SC)[C@H](O)[C@@H](O)[C@H]2O)C1. The largest absolute Gasteiger partial charge is 0.388 e. The Hall–Kier alpha value is -0.910. The molecule has 2 heterocycles. The van der Waals surface area contributed by atoms with Crippen molar-refractivity contribution in [3.63, 3.8) is 0 Å². The second kappa shape index (κ2) is 12.0. The molecule has 9 atom stereocenters. The molecule has 10 heteroatoms. The number of nitrogens with zero attached hydrogens (tertiary/aromatic N) is 1. The smallest absolute Gasteiger partial charge is 0.243 e. The Morgan fingerprint density at radius 1 is 1.19 bits per heavy atom. The fourth-order valence-electron chi connectivity index (χ4n) is 4.74. The number of ether oxygens (including phenoxy) is 1. The molecule has 0 spiro atoms. The summed E-state index contributed by atoms with van der Waals surface area (Å²) >= 11 is 1.23. The molecule has 0 aromatic heterocycles. The Balaban J connectivity index is 2.24. The van der Waals surface area contributed by atoms with E-state index in [0.29, 0.717) is 18.9 Å². The average molecular weight is 476 g/mol. The fourth-order valence-corrected chi connectivity index (χ4v) is 5.42. The monoisotopic (exact) mass is 475 g/mol. The molecular formula is C22H41N3O6S. The highest BCUT2D eigenvalue weighted by Gasteiger charge is 2.48. The first-order valence-corrected chi connectivity index (χ1v) is 12.9. The molecule has 2 fully saturated rings. The number of hydrogen-bond donors (Lipinski definition) is 5. The van der Waals surface area contributed by atoms with Gasteiger partial charge in [0, 0.05) is 6.54 Å². The zero-order valence-corrected chi connectivity index (χ0v) is 20.6. The van der Waals surface area contributed by atoms with E-state index < -0.39 is 48.0 Å². The van der Waals surface area contributed by atoms with E-state index >= 15 is 0 Å². The van der Waals surface area contributed by atoms with Gasteiger partial charge >= 0.3 is 0 Å². The first-order valence-electron chi connectivity index (χ1n) is 11.6. The summed E-state index contributed by atoms with van der Waals surface area (Å²) < 4.78 is 5.90. The minimum atomic E-state index is -1.39. The maximum Gasteiger partial charge on any atom is 0.243 e. The van der Waals surface area contributed by atoms with E-state index in [9.17, 15) is 24.9 Å². The van der Waals surface area contributed by atoms with Gasteiger partial charge in [0.15, 0.2) is 0 Å². The van der Waals surface area contributed by atoms with Gasteiger partial charge in [-0.3, -0.25) is 9.59 Å². The zero-order valence-electron chi connectivity index (χ0n) is 19.8. The lowest BCUT2D eigenvalue weighted by atomic mass is 9.85. The molecule has 0 aromatic carbocycles. The Kier molecular flexibility index (Phi) is 10.2. The number of hydrogen-bond acceptors (Lipinski definition) is 8. The molecule has 0 radical (unpaired) electrons. The van der Waals surface area contributed by atoms with Crippen molar-refractivity contribution in [3.05, 3.63) is 0 Å². The van der Waals surface area contributed by atoms with Crippen molar-refractivity contribution in [1.29, 1.82) is 0 Å². The van der Waals surface area contributed by atoms with Crippen LogP contribution in [0, 0.1) is 11.8 Å². The lowest BCUT2D eigenvalue weighted by Gasteiger charge is -2.45. The predicted octanol–water partition coefficient (Wildman–Crippen LogP) is 0.0523. The summed E-state index contributed by atoms with van der Waals surface area (Å²) in [4.78, 5) is 27.7. The zero-order chi connectivity index (χ0) is 24.2. The van der Waals surface area contributed by atoms with Crippen molar-refractivity contribution < 1.29 is 29.6 Å². The maximum atomic E-state index is 13.4. The second-order valence-corrected chi connectivity index (χ2v) is 10.4. The van der Waals surface area contributed by atoms with Crippen molar-refractivity contribution in [1.82, 2.24) is 10.2 Å². The third kappa shape index (κ3) is 6.15. The van der Waals surface area contributed by atoms with Crippen LogP contribution in [0.2, 0.25) is 0 Å². The molecule has 2 rings (SSSR count). The van der Waals surface area contributed by atoms with Crippen molar-refractivity contribution in [3.8, 4) is 0 Å². The molecule has 2 aliphatic heterocycles. The van der Waals surface area contributed by atoms with Crippen LogP contribution in [-0.2, 0) is 14.3 Å². The van der Waals surface area contributed by atoms with Crippen LogP contribution in [0.25, 0.3) is 0 Å². The fraction of sp³-hybridized carbons (Fsp3) is 0.909. The quantitative estimate of drug-likeness (QED) is 0.331. The predicted molar refractivity (Wildman–Crippen MR) is 124 cm³/mol. The number of thioether (sulfide) groups is 1. The van der Waals surface area contributed by atoms with Crippen LogP contribution in [-0.4, -0.2) is 92.8 Å². The van der Waals surface area contributed by atoms with E-state index in [2.05, 4.69) is 12.2 Å². The number of carbonyl (C=O) groups is 2. The third-order valence-electron chi connectivity index (χ3n) is 6.60. The van der Waals surface area contributed by atoms with Gasteiger partial charge in [0.25, 0.3) is 0 Å². The number of piperidine rings is 1. The van der Waals surface area contributed by atoms with E-state index in [1.807, 2.05) is 13.8 Å². The highest BCUT2D eigenvalue weighted by Crippen LogP contribution is 2.31. The van der Waals surface area contributed by atoms with Gasteiger partial charge in [-0.1, -0.05) is 33.6 Å². The molecule has 2 aliphatic rings. The second-order valence-electron chi connectivity index (χ2n) is 9.47. The Bertz CT molecular complexity index is 635. The van der Waals surface area contributed by atoms with E-state index in [1.165, 1.54) is 11.8 Å². The van der Waals surface area contributed by atoms with Gasteiger partial charge in [0.05, 0.1) is 12.1 Å². The molecule has 0 saturated carbocycles. The van der Waals surface area contributed by atoms with Gasteiger partial charge < -0.3 is 36.0 Å². The van der Waals surface area contributed by atoms with Crippen LogP contribution in [0.3, 0.4) is 0 Å². The molecule has 0 aliphatic carbocycles. The van der Waals surface area contributed by atoms with Crippen molar-refractivity contribution in [2.45, 2.75) is 101 Å². The first-order chi connectivity index (χ1) is 15.0. The minimum absolute atomic E-state index is 0.129. The lowest BCUT2D eigenvalue weighted by molar-refractivity contribution is -0.208. The number of rotatable bonds is 8. The number of likely N-dealkylation sites (tertiary alicyclic amines) is 1. The van der Waals surface area contributed by atoms with Crippen LogP contribution in [0.5, 0.6) is 0 Å². The molecule has 186 valence electrons. The van der Waals surface area contributed by atoms with Gasteiger partial charge in [-0.2, -0.15) is 0 Å². The van der Waals surface area contributed by atoms with Crippen LogP contribution < -0.4 is 11.1 Å².